The van der Waals surface area contributed by atoms with Crippen LogP contribution in [0, 0.1) is 5.92 Å². The van der Waals surface area contributed by atoms with Crippen molar-refractivity contribution in [2.75, 3.05) is 13.2 Å². The number of benzene rings is 4. The molecule has 176 valence electrons. The zero-order valence-electron chi connectivity index (χ0n) is 20.2. The van der Waals surface area contributed by atoms with Gasteiger partial charge in [-0.1, -0.05) is 105 Å². The lowest BCUT2D eigenvalue weighted by Gasteiger charge is -2.33. The van der Waals surface area contributed by atoms with Crippen LogP contribution in [0.2, 0.25) is 0 Å². The lowest BCUT2D eigenvalue weighted by molar-refractivity contribution is -0.148. The SMILES string of the molecule is CCC(C)C(=O)OCCOc1ccc(C2(c3ccccc3)c3ccccc3-c3ccccc32)cc1. The Morgan fingerprint density at radius 1 is 0.714 bits per heavy atom. The summed E-state index contributed by atoms with van der Waals surface area (Å²) < 4.78 is 11.2. The quantitative estimate of drug-likeness (QED) is 0.184. The minimum atomic E-state index is -0.404. The van der Waals surface area contributed by atoms with Crippen molar-refractivity contribution in [2.45, 2.75) is 25.7 Å². The number of hydrogen-bond acceptors (Lipinski definition) is 3. The molecule has 1 aliphatic rings. The van der Waals surface area contributed by atoms with Crippen LogP contribution < -0.4 is 4.74 Å². The van der Waals surface area contributed by atoms with Gasteiger partial charge in [-0.3, -0.25) is 4.79 Å². The highest BCUT2D eigenvalue weighted by Gasteiger charge is 2.45. The molecule has 4 aromatic rings. The molecular formula is C32H30O3. The van der Waals surface area contributed by atoms with Crippen molar-refractivity contribution in [1.82, 2.24) is 0 Å². The van der Waals surface area contributed by atoms with E-state index in [1.807, 2.05) is 26.0 Å². The molecule has 3 heteroatoms. The van der Waals surface area contributed by atoms with E-state index in [2.05, 4.69) is 91.0 Å². The van der Waals surface area contributed by atoms with Crippen LogP contribution in [0.5, 0.6) is 5.75 Å². The maximum atomic E-state index is 11.9. The van der Waals surface area contributed by atoms with Crippen LogP contribution in [0.3, 0.4) is 0 Å². The van der Waals surface area contributed by atoms with Gasteiger partial charge in [0, 0.05) is 0 Å². The summed E-state index contributed by atoms with van der Waals surface area (Å²) in [5.74, 6) is 0.506. The van der Waals surface area contributed by atoms with Gasteiger partial charge in [-0.15, -0.1) is 0 Å². The molecule has 0 spiro atoms. The highest BCUT2D eigenvalue weighted by atomic mass is 16.6. The highest BCUT2D eigenvalue weighted by molar-refractivity contribution is 5.86. The van der Waals surface area contributed by atoms with E-state index >= 15 is 0 Å². The van der Waals surface area contributed by atoms with Crippen molar-refractivity contribution < 1.29 is 14.3 Å². The second kappa shape index (κ2) is 9.79. The Balaban J connectivity index is 1.49. The van der Waals surface area contributed by atoms with Crippen LogP contribution in [0.25, 0.3) is 11.1 Å². The topological polar surface area (TPSA) is 35.5 Å². The second-order valence-electron chi connectivity index (χ2n) is 9.06. The number of ether oxygens (including phenoxy) is 2. The number of fused-ring (bicyclic) bond motifs is 3. The minimum Gasteiger partial charge on any atom is -0.490 e. The third-order valence-electron chi connectivity index (χ3n) is 7.06. The molecule has 35 heavy (non-hydrogen) atoms. The molecule has 4 aromatic carbocycles. The number of rotatable bonds is 8. The van der Waals surface area contributed by atoms with E-state index < -0.39 is 5.41 Å². The largest absolute Gasteiger partial charge is 0.490 e. The summed E-state index contributed by atoms with van der Waals surface area (Å²) >= 11 is 0. The van der Waals surface area contributed by atoms with Crippen LogP contribution in [0.1, 0.15) is 42.5 Å². The van der Waals surface area contributed by atoms with E-state index in [-0.39, 0.29) is 18.5 Å². The van der Waals surface area contributed by atoms with E-state index in [9.17, 15) is 4.79 Å². The van der Waals surface area contributed by atoms with Gasteiger partial charge >= 0.3 is 5.97 Å². The summed E-state index contributed by atoms with van der Waals surface area (Å²) in [6, 6.07) is 36.5. The molecule has 0 fully saturated rings. The maximum absolute atomic E-state index is 11.9. The first kappa shape index (κ1) is 22.9. The van der Waals surface area contributed by atoms with Crippen LogP contribution in [0.15, 0.2) is 103 Å². The van der Waals surface area contributed by atoms with E-state index in [0.29, 0.717) is 6.61 Å². The summed E-state index contributed by atoms with van der Waals surface area (Å²) in [4.78, 5) is 11.9. The average Bonchev–Trinajstić information content (AvgIpc) is 3.22. The van der Waals surface area contributed by atoms with Gasteiger partial charge in [0.2, 0.25) is 0 Å². The first-order chi connectivity index (χ1) is 17.2. The molecule has 1 unspecified atom stereocenters. The molecule has 0 aliphatic heterocycles. The van der Waals surface area contributed by atoms with Gasteiger partial charge in [0.15, 0.2) is 0 Å². The minimum absolute atomic E-state index is 0.0828. The third kappa shape index (κ3) is 4.01. The Labute approximate surface area is 207 Å². The summed E-state index contributed by atoms with van der Waals surface area (Å²) in [6.45, 7) is 4.44. The van der Waals surface area contributed by atoms with Crippen LogP contribution >= 0.6 is 0 Å². The fraction of sp³-hybridized carbons (Fsp3) is 0.219. The third-order valence-corrected chi connectivity index (χ3v) is 7.06. The number of esters is 1. The Hall–Kier alpha value is -3.85. The normalized spacial score (nSPS) is 14.0. The lowest BCUT2D eigenvalue weighted by Crippen LogP contribution is -2.28. The zero-order chi connectivity index (χ0) is 24.3. The van der Waals surface area contributed by atoms with Gasteiger partial charge in [-0.25, -0.2) is 0 Å². The molecule has 0 amide bonds. The zero-order valence-corrected chi connectivity index (χ0v) is 20.2. The monoisotopic (exact) mass is 462 g/mol. The van der Waals surface area contributed by atoms with Gasteiger partial charge in [-0.05, 0) is 51.9 Å². The Morgan fingerprint density at radius 3 is 1.86 bits per heavy atom. The molecule has 0 radical (unpaired) electrons. The molecule has 0 heterocycles. The summed E-state index contributed by atoms with van der Waals surface area (Å²) in [5.41, 5.74) is 7.15. The van der Waals surface area contributed by atoms with Gasteiger partial charge in [0.05, 0.1) is 11.3 Å². The smallest absolute Gasteiger partial charge is 0.308 e. The van der Waals surface area contributed by atoms with E-state index in [1.54, 1.807) is 0 Å². The summed E-state index contributed by atoms with van der Waals surface area (Å²) in [6.07, 6.45) is 0.774. The fourth-order valence-corrected chi connectivity index (χ4v) is 5.12. The van der Waals surface area contributed by atoms with Gasteiger partial charge in [-0.2, -0.15) is 0 Å². The second-order valence-corrected chi connectivity index (χ2v) is 9.06. The molecule has 3 nitrogen and oxygen atoms in total. The van der Waals surface area contributed by atoms with Crippen LogP contribution in [-0.4, -0.2) is 19.2 Å². The summed E-state index contributed by atoms with van der Waals surface area (Å²) in [5, 5.41) is 0. The summed E-state index contributed by atoms with van der Waals surface area (Å²) in [7, 11) is 0. The van der Waals surface area contributed by atoms with Crippen molar-refractivity contribution in [2.24, 2.45) is 5.92 Å². The van der Waals surface area contributed by atoms with Crippen molar-refractivity contribution >= 4 is 5.97 Å². The van der Waals surface area contributed by atoms with Crippen LogP contribution in [-0.2, 0) is 14.9 Å². The van der Waals surface area contributed by atoms with Gasteiger partial charge in [0.25, 0.3) is 0 Å². The van der Waals surface area contributed by atoms with Crippen LogP contribution in [0.4, 0.5) is 0 Å². The molecule has 1 aliphatic carbocycles. The number of carbonyl (C=O) groups excluding carboxylic acids is 1. The molecule has 0 saturated carbocycles. The van der Waals surface area contributed by atoms with E-state index in [1.165, 1.54) is 33.4 Å². The van der Waals surface area contributed by atoms with Crippen molar-refractivity contribution in [3.8, 4) is 16.9 Å². The molecule has 1 atom stereocenters. The first-order valence-electron chi connectivity index (χ1n) is 12.3. The Kier molecular flexibility index (Phi) is 6.41. The molecule has 5 rings (SSSR count). The van der Waals surface area contributed by atoms with Gasteiger partial charge < -0.3 is 9.47 Å². The molecule has 0 bridgehead atoms. The van der Waals surface area contributed by atoms with E-state index in [4.69, 9.17) is 9.47 Å². The fourth-order valence-electron chi connectivity index (χ4n) is 5.12. The number of carbonyl (C=O) groups is 1. The lowest BCUT2D eigenvalue weighted by atomic mass is 9.68. The Morgan fingerprint density at radius 2 is 1.26 bits per heavy atom. The molecular weight excluding hydrogens is 432 g/mol. The molecule has 0 N–H and O–H groups in total. The number of hydrogen-bond donors (Lipinski definition) is 0. The van der Waals surface area contributed by atoms with Crippen molar-refractivity contribution in [1.29, 1.82) is 0 Å². The average molecular weight is 463 g/mol. The maximum Gasteiger partial charge on any atom is 0.308 e. The van der Waals surface area contributed by atoms with Gasteiger partial charge in [0.1, 0.15) is 19.0 Å². The van der Waals surface area contributed by atoms with Crippen molar-refractivity contribution in [3.63, 3.8) is 0 Å². The predicted octanol–water partition coefficient (Wildman–Crippen LogP) is 7.02. The Bertz CT molecular complexity index is 1260. The first-order valence-corrected chi connectivity index (χ1v) is 12.3. The standard InChI is InChI=1S/C32H30O3/c1-3-23(2)31(33)35-22-21-34-26-19-17-25(18-20-26)32(24-11-5-4-6-12-24)29-15-9-7-13-27(29)28-14-8-10-16-30(28)32/h4-20,23H,3,21-22H2,1-2H3. The predicted molar refractivity (Wildman–Crippen MR) is 140 cm³/mol. The molecule has 0 saturated heterocycles. The highest BCUT2D eigenvalue weighted by Crippen LogP contribution is 2.55. The van der Waals surface area contributed by atoms with E-state index in [0.717, 1.165) is 12.2 Å². The van der Waals surface area contributed by atoms with Crippen molar-refractivity contribution in [3.05, 3.63) is 125 Å². The molecule has 0 aromatic heterocycles.